The highest BCUT2D eigenvalue weighted by Gasteiger charge is 2.29. The molecule has 1 aromatic heterocycles. The molecule has 156 valence electrons. The number of anilines is 2. The molecule has 0 unspecified atom stereocenters. The number of carbonyl (C=O) groups is 1. The minimum absolute atomic E-state index is 0.152. The van der Waals surface area contributed by atoms with Gasteiger partial charge in [0.2, 0.25) is 5.91 Å². The lowest BCUT2D eigenvalue weighted by atomic mass is 10.1. The van der Waals surface area contributed by atoms with Crippen molar-refractivity contribution in [3.8, 4) is 10.4 Å². The number of fused-ring (bicyclic) bond motifs is 1. The summed E-state index contributed by atoms with van der Waals surface area (Å²) in [5.74, 6) is -0.574. The molecule has 1 aliphatic rings. The minimum Gasteiger partial charge on any atom is -0.361 e. The molecule has 1 amide bonds. The van der Waals surface area contributed by atoms with Crippen LogP contribution in [0.3, 0.4) is 0 Å². The van der Waals surface area contributed by atoms with Gasteiger partial charge in [-0.1, -0.05) is 23.5 Å². The Kier molecular flexibility index (Phi) is 5.46. The number of aromatic nitrogens is 1. The second-order valence-electron chi connectivity index (χ2n) is 6.97. The Morgan fingerprint density at radius 1 is 1.17 bits per heavy atom. The highest BCUT2D eigenvalue weighted by Crippen LogP contribution is 2.35. The maximum absolute atomic E-state index is 14.4. The smallest absolute Gasteiger partial charge is 0.361 e. The van der Waals surface area contributed by atoms with E-state index in [0.717, 1.165) is 23.3 Å². The number of amides is 1. The van der Waals surface area contributed by atoms with Gasteiger partial charge in [0, 0.05) is 24.0 Å². The lowest BCUT2D eigenvalue weighted by Gasteiger charge is -2.08. The van der Waals surface area contributed by atoms with Crippen molar-refractivity contribution in [2.24, 2.45) is 0 Å². The van der Waals surface area contributed by atoms with Gasteiger partial charge >= 0.3 is 6.18 Å². The van der Waals surface area contributed by atoms with Crippen LogP contribution in [0.5, 0.6) is 0 Å². The zero-order valence-corrected chi connectivity index (χ0v) is 16.5. The Bertz CT molecular complexity index is 1080. The molecule has 0 fully saturated rings. The molecule has 0 radical (unpaired) electrons. The number of nitrogens with one attached hydrogen (secondary N) is 2. The van der Waals surface area contributed by atoms with Crippen LogP contribution in [0.4, 0.5) is 28.4 Å². The average Bonchev–Trinajstić information content (AvgIpc) is 3.29. The van der Waals surface area contributed by atoms with Crippen LogP contribution in [0.1, 0.15) is 23.1 Å². The summed E-state index contributed by atoms with van der Waals surface area (Å²) in [5, 5.41) is 6.41. The molecule has 30 heavy (non-hydrogen) atoms. The monoisotopic (exact) mass is 435 g/mol. The van der Waals surface area contributed by atoms with Gasteiger partial charge in [-0.05, 0) is 48.2 Å². The SMILES string of the molecule is O=C1Cc2cc(-c3cnc(NCCCc4ccc(C(F)(F)F)cc4)s3)c(F)cc2N1. The van der Waals surface area contributed by atoms with E-state index >= 15 is 0 Å². The maximum atomic E-state index is 14.4. The number of nitrogens with zero attached hydrogens (tertiary/aromatic N) is 1. The fourth-order valence-corrected chi connectivity index (χ4v) is 4.13. The molecule has 0 spiro atoms. The van der Waals surface area contributed by atoms with E-state index in [-0.39, 0.29) is 12.3 Å². The molecule has 2 N–H and O–H groups in total. The van der Waals surface area contributed by atoms with Crippen LogP contribution >= 0.6 is 11.3 Å². The molecule has 4 nitrogen and oxygen atoms in total. The van der Waals surface area contributed by atoms with Crippen LogP contribution in [-0.2, 0) is 23.8 Å². The Hall–Kier alpha value is -2.94. The summed E-state index contributed by atoms with van der Waals surface area (Å²) < 4.78 is 52.2. The number of hydrogen-bond acceptors (Lipinski definition) is 4. The quantitative estimate of drug-likeness (QED) is 0.397. The Morgan fingerprint density at radius 2 is 1.93 bits per heavy atom. The molecule has 0 atom stereocenters. The summed E-state index contributed by atoms with van der Waals surface area (Å²) in [6, 6.07) is 8.15. The van der Waals surface area contributed by atoms with E-state index in [1.54, 1.807) is 12.3 Å². The molecular formula is C21H17F4N3OS. The van der Waals surface area contributed by atoms with E-state index in [2.05, 4.69) is 15.6 Å². The van der Waals surface area contributed by atoms with E-state index < -0.39 is 17.6 Å². The third-order valence-electron chi connectivity index (χ3n) is 4.79. The van der Waals surface area contributed by atoms with Crippen LogP contribution in [0.15, 0.2) is 42.6 Å². The molecule has 0 bridgehead atoms. The van der Waals surface area contributed by atoms with Crippen molar-refractivity contribution in [2.45, 2.75) is 25.4 Å². The molecular weight excluding hydrogens is 418 g/mol. The van der Waals surface area contributed by atoms with Crippen LogP contribution in [0.25, 0.3) is 10.4 Å². The van der Waals surface area contributed by atoms with Crippen LogP contribution < -0.4 is 10.6 Å². The van der Waals surface area contributed by atoms with Gasteiger partial charge in [-0.2, -0.15) is 13.2 Å². The van der Waals surface area contributed by atoms with E-state index in [9.17, 15) is 22.4 Å². The first-order valence-electron chi connectivity index (χ1n) is 9.28. The fraction of sp³-hybridized carbons (Fsp3) is 0.238. The zero-order chi connectivity index (χ0) is 21.3. The van der Waals surface area contributed by atoms with Gasteiger partial charge in [-0.3, -0.25) is 4.79 Å². The normalized spacial score (nSPS) is 13.3. The highest BCUT2D eigenvalue weighted by atomic mass is 32.1. The van der Waals surface area contributed by atoms with Crippen molar-refractivity contribution in [2.75, 3.05) is 17.2 Å². The van der Waals surface area contributed by atoms with E-state index in [4.69, 9.17) is 0 Å². The van der Waals surface area contributed by atoms with Gasteiger partial charge in [0.15, 0.2) is 5.13 Å². The number of hydrogen-bond donors (Lipinski definition) is 2. The van der Waals surface area contributed by atoms with Gasteiger partial charge in [0.25, 0.3) is 0 Å². The molecule has 3 aromatic rings. The van der Waals surface area contributed by atoms with Gasteiger partial charge in [-0.15, -0.1) is 0 Å². The molecule has 2 heterocycles. The van der Waals surface area contributed by atoms with Crippen molar-refractivity contribution in [1.29, 1.82) is 0 Å². The maximum Gasteiger partial charge on any atom is 0.416 e. The molecule has 2 aromatic carbocycles. The third-order valence-corrected chi connectivity index (χ3v) is 5.78. The summed E-state index contributed by atoms with van der Waals surface area (Å²) in [7, 11) is 0. The summed E-state index contributed by atoms with van der Waals surface area (Å²) in [5.41, 5.74) is 1.84. The van der Waals surface area contributed by atoms with Crippen molar-refractivity contribution in [3.05, 3.63) is 65.1 Å². The number of carbonyl (C=O) groups excluding carboxylic acids is 1. The number of aryl methyl sites for hydroxylation is 1. The Morgan fingerprint density at radius 3 is 2.67 bits per heavy atom. The predicted octanol–water partition coefficient (Wildman–Crippen LogP) is 5.51. The van der Waals surface area contributed by atoms with E-state index in [0.29, 0.717) is 40.6 Å². The largest absolute Gasteiger partial charge is 0.416 e. The molecule has 1 aliphatic heterocycles. The average molecular weight is 435 g/mol. The first-order valence-corrected chi connectivity index (χ1v) is 10.1. The van der Waals surface area contributed by atoms with E-state index in [1.807, 2.05) is 0 Å². The van der Waals surface area contributed by atoms with Gasteiger partial charge in [-0.25, -0.2) is 9.37 Å². The van der Waals surface area contributed by atoms with Crippen molar-refractivity contribution in [1.82, 2.24) is 4.98 Å². The molecule has 0 saturated heterocycles. The summed E-state index contributed by atoms with van der Waals surface area (Å²) in [4.78, 5) is 16.4. The third kappa shape index (κ3) is 4.46. The first-order chi connectivity index (χ1) is 14.3. The van der Waals surface area contributed by atoms with Gasteiger partial charge in [0.1, 0.15) is 5.82 Å². The van der Waals surface area contributed by atoms with Crippen LogP contribution in [0.2, 0.25) is 0 Å². The zero-order valence-electron chi connectivity index (χ0n) is 15.6. The minimum atomic E-state index is -4.33. The van der Waals surface area contributed by atoms with Crippen molar-refractivity contribution >= 4 is 28.1 Å². The lowest BCUT2D eigenvalue weighted by Crippen LogP contribution is -2.05. The first kappa shape index (κ1) is 20.3. The van der Waals surface area contributed by atoms with Crippen molar-refractivity contribution in [3.63, 3.8) is 0 Å². The predicted molar refractivity (Wildman–Crippen MR) is 108 cm³/mol. The van der Waals surface area contributed by atoms with E-state index in [1.165, 1.54) is 29.5 Å². The standard InChI is InChI=1S/C21H17F4N3OS/c22-16-10-17-13(9-19(29)28-17)8-15(16)18-11-27-20(30-18)26-7-1-2-12-3-5-14(6-4-12)21(23,24)25/h3-6,8,10-11H,1-2,7,9H2,(H,26,27)(H,28,29). The molecule has 4 rings (SSSR count). The fourth-order valence-electron chi connectivity index (χ4n) is 3.27. The van der Waals surface area contributed by atoms with Gasteiger partial charge in [0.05, 0.1) is 16.9 Å². The number of thiazole rings is 1. The summed E-state index contributed by atoms with van der Waals surface area (Å²) >= 11 is 1.30. The Balaban J connectivity index is 1.32. The Labute approximate surface area is 174 Å². The second kappa shape index (κ2) is 8.06. The number of halogens is 4. The number of alkyl halides is 3. The molecule has 0 aliphatic carbocycles. The summed E-state index contributed by atoms with van der Waals surface area (Å²) in [6.07, 6.45) is -1.17. The van der Waals surface area contributed by atoms with Crippen molar-refractivity contribution < 1.29 is 22.4 Å². The summed E-state index contributed by atoms with van der Waals surface area (Å²) in [6.45, 7) is 0.582. The van der Waals surface area contributed by atoms with Gasteiger partial charge < -0.3 is 10.6 Å². The highest BCUT2D eigenvalue weighted by molar-refractivity contribution is 7.18. The number of rotatable bonds is 6. The van der Waals surface area contributed by atoms with Crippen LogP contribution in [-0.4, -0.2) is 17.4 Å². The number of benzene rings is 2. The lowest BCUT2D eigenvalue weighted by molar-refractivity contribution is -0.137. The molecule has 0 saturated carbocycles. The second-order valence-corrected chi connectivity index (χ2v) is 8.00. The topological polar surface area (TPSA) is 54.0 Å². The van der Waals surface area contributed by atoms with Crippen LogP contribution in [0, 0.1) is 5.82 Å². The molecule has 9 heteroatoms.